The Morgan fingerprint density at radius 1 is 1.15 bits per heavy atom. The maximum atomic E-state index is 13.8. The second-order valence-corrected chi connectivity index (χ2v) is 9.42. The van der Waals surface area contributed by atoms with E-state index >= 15 is 0 Å². The number of non-ortho nitro benzene ring substituents is 1. The predicted molar refractivity (Wildman–Crippen MR) is 116 cm³/mol. The Labute approximate surface area is 189 Å². The average Bonchev–Trinajstić information content (AvgIpc) is 2.79. The van der Waals surface area contributed by atoms with Crippen LogP contribution in [0.4, 0.5) is 15.8 Å². The van der Waals surface area contributed by atoms with Crippen molar-refractivity contribution >= 4 is 33.3 Å². The van der Waals surface area contributed by atoms with Gasteiger partial charge < -0.3 is 10.1 Å². The molecule has 0 bridgehead atoms. The number of nitrogens with zero attached hydrogens (tertiary/aromatic N) is 2. The number of nitrogens with one attached hydrogen (secondary N) is 1. The van der Waals surface area contributed by atoms with Crippen LogP contribution in [0, 0.1) is 22.9 Å². The van der Waals surface area contributed by atoms with Crippen molar-refractivity contribution in [2.45, 2.75) is 31.1 Å². The molecule has 2 aromatic carbocycles. The molecule has 10 nitrogen and oxygen atoms in total. The number of halogens is 1. The molecular formula is C21H22FN3O7S. The summed E-state index contributed by atoms with van der Waals surface area (Å²) in [7, 11) is -3.77. The highest BCUT2D eigenvalue weighted by Crippen LogP contribution is 2.24. The van der Waals surface area contributed by atoms with Crippen molar-refractivity contribution in [1.82, 2.24) is 4.31 Å². The van der Waals surface area contributed by atoms with Crippen molar-refractivity contribution in [3.63, 3.8) is 0 Å². The minimum Gasteiger partial charge on any atom is -0.452 e. The molecule has 0 aliphatic carbocycles. The molecular weight excluding hydrogens is 457 g/mol. The lowest BCUT2D eigenvalue weighted by Gasteiger charge is -2.26. The highest BCUT2D eigenvalue weighted by atomic mass is 32.2. The Hall–Kier alpha value is -3.38. The summed E-state index contributed by atoms with van der Waals surface area (Å²) in [5.74, 6) is -2.75. The topological polar surface area (TPSA) is 136 Å². The Morgan fingerprint density at radius 2 is 1.85 bits per heavy atom. The summed E-state index contributed by atoms with van der Waals surface area (Å²) >= 11 is 0. The molecule has 1 fully saturated rings. The second kappa shape index (κ2) is 10.0. The Kier molecular flexibility index (Phi) is 7.39. The lowest BCUT2D eigenvalue weighted by Crippen LogP contribution is -2.35. The van der Waals surface area contributed by atoms with Crippen molar-refractivity contribution in [1.29, 1.82) is 0 Å². The summed E-state index contributed by atoms with van der Waals surface area (Å²) in [5.41, 5.74) is -0.438. The highest BCUT2D eigenvalue weighted by molar-refractivity contribution is 7.89. The lowest BCUT2D eigenvalue weighted by molar-refractivity contribution is -0.384. The number of piperidine rings is 1. The van der Waals surface area contributed by atoms with Gasteiger partial charge in [-0.2, -0.15) is 4.31 Å². The van der Waals surface area contributed by atoms with E-state index in [0.29, 0.717) is 18.7 Å². The molecule has 1 N–H and O–H groups in total. The van der Waals surface area contributed by atoms with E-state index in [4.69, 9.17) is 4.74 Å². The summed E-state index contributed by atoms with van der Waals surface area (Å²) < 4.78 is 45.9. The first-order valence-corrected chi connectivity index (χ1v) is 11.6. The molecule has 0 aromatic heterocycles. The fourth-order valence-corrected chi connectivity index (χ4v) is 4.90. The van der Waals surface area contributed by atoms with Gasteiger partial charge in [0.25, 0.3) is 11.6 Å². The number of rotatable bonds is 7. The van der Waals surface area contributed by atoms with Crippen LogP contribution in [-0.4, -0.2) is 49.2 Å². The molecule has 12 heteroatoms. The maximum absolute atomic E-state index is 13.8. The summed E-state index contributed by atoms with van der Waals surface area (Å²) in [6.45, 7) is 1.60. The number of benzene rings is 2. The second-order valence-electron chi connectivity index (χ2n) is 7.49. The largest absolute Gasteiger partial charge is 0.452 e. The molecule has 176 valence electrons. The van der Waals surface area contributed by atoms with Crippen molar-refractivity contribution < 1.29 is 32.1 Å². The van der Waals surface area contributed by atoms with Gasteiger partial charge in [0.15, 0.2) is 6.61 Å². The molecule has 1 saturated heterocycles. The van der Waals surface area contributed by atoms with Gasteiger partial charge in [0.05, 0.1) is 21.1 Å². The quantitative estimate of drug-likeness (QED) is 0.366. The van der Waals surface area contributed by atoms with Crippen LogP contribution in [0.25, 0.3) is 0 Å². The van der Waals surface area contributed by atoms with Crippen LogP contribution in [0.1, 0.15) is 35.2 Å². The summed E-state index contributed by atoms with van der Waals surface area (Å²) in [5, 5.41) is 12.9. The first-order valence-electron chi connectivity index (χ1n) is 10.1. The number of nitro benzene ring substituents is 1. The van der Waals surface area contributed by atoms with Crippen LogP contribution in [0.2, 0.25) is 0 Å². The smallest absolute Gasteiger partial charge is 0.338 e. The van der Waals surface area contributed by atoms with Crippen molar-refractivity contribution in [3.05, 3.63) is 63.5 Å². The molecule has 0 atom stereocenters. The molecule has 0 radical (unpaired) electrons. The lowest BCUT2D eigenvalue weighted by atomic mass is 10.1. The third-order valence-corrected chi connectivity index (χ3v) is 7.05. The van der Waals surface area contributed by atoms with Crippen molar-refractivity contribution in [2.24, 2.45) is 0 Å². The van der Waals surface area contributed by atoms with Crippen molar-refractivity contribution in [3.8, 4) is 0 Å². The third-order valence-electron chi connectivity index (χ3n) is 5.15. The minimum absolute atomic E-state index is 0.0255. The van der Waals surface area contributed by atoms with Gasteiger partial charge in [-0.05, 0) is 43.5 Å². The summed E-state index contributed by atoms with van der Waals surface area (Å²) in [6.07, 6.45) is 2.49. The number of hydrogen-bond donors (Lipinski definition) is 1. The van der Waals surface area contributed by atoms with Crippen LogP contribution in [0.3, 0.4) is 0 Å². The predicted octanol–water partition coefficient (Wildman–Crippen LogP) is 3.01. The van der Waals surface area contributed by atoms with E-state index < -0.39 is 50.6 Å². The molecule has 1 heterocycles. The van der Waals surface area contributed by atoms with E-state index in [0.717, 1.165) is 37.5 Å². The van der Waals surface area contributed by atoms with Gasteiger partial charge in [-0.1, -0.05) is 12.5 Å². The first kappa shape index (κ1) is 24.3. The number of aryl methyl sites for hydroxylation is 1. The number of esters is 1. The Bertz CT molecular complexity index is 1190. The van der Waals surface area contributed by atoms with Gasteiger partial charge >= 0.3 is 5.97 Å². The number of amides is 1. The van der Waals surface area contributed by atoms with E-state index in [1.54, 1.807) is 6.92 Å². The van der Waals surface area contributed by atoms with Gasteiger partial charge in [0, 0.05) is 25.2 Å². The highest BCUT2D eigenvalue weighted by Gasteiger charge is 2.27. The van der Waals surface area contributed by atoms with E-state index in [2.05, 4.69) is 5.32 Å². The van der Waals surface area contributed by atoms with E-state index in [1.165, 1.54) is 22.5 Å². The van der Waals surface area contributed by atoms with Gasteiger partial charge in [0.2, 0.25) is 10.0 Å². The SMILES string of the molecule is Cc1ccc(S(=O)(=O)N2CCCCC2)cc1C(=O)OCC(=O)Nc1cc([N+](=O)[O-])ccc1F. The summed E-state index contributed by atoms with van der Waals surface area (Å²) in [6, 6.07) is 6.71. The molecule has 0 spiro atoms. The summed E-state index contributed by atoms with van der Waals surface area (Å²) in [4.78, 5) is 34.6. The van der Waals surface area contributed by atoms with Crippen LogP contribution in [0.15, 0.2) is 41.3 Å². The fourth-order valence-electron chi connectivity index (χ4n) is 3.35. The molecule has 33 heavy (non-hydrogen) atoms. The molecule has 1 amide bonds. The number of sulfonamides is 1. The molecule has 3 rings (SSSR count). The average molecular weight is 479 g/mol. The van der Waals surface area contributed by atoms with Gasteiger partial charge in [0.1, 0.15) is 5.82 Å². The standard InChI is InChI=1S/C21H22FN3O7S/c1-14-5-7-16(33(30,31)24-9-3-2-4-10-24)12-17(14)21(27)32-13-20(26)23-19-11-15(25(28)29)6-8-18(19)22/h5-8,11-12H,2-4,9-10,13H2,1H3,(H,23,26). The third kappa shape index (κ3) is 5.71. The van der Waals surface area contributed by atoms with E-state index in [9.17, 15) is 32.5 Å². The number of carbonyl (C=O) groups is 2. The molecule has 1 aliphatic rings. The van der Waals surface area contributed by atoms with E-state index in [-0.39, 0.29) is 10.5 Å². The fraction of sp³-hybridized carbons (Fsp3) is 0.333. The molecule has 1 aliphatic heterocycles. The normalized spacial score (nSPS) is 14.5. The van der Waals surface area contributed by atoms with Gasteiger partial charge in [-0.25, -0.2) is 17.6 Å². The number of nitro groups is 1. The zero-order chi connectivity index (χ0) is 24.2. The molecule has 0 unspecified atom stereocenters. The van der Waals surface area contributed by atoms with Crippen LogP contribution in [0.5, 0.6) is 0 Å². The van der Waals surface area contributed by atoms with Crippen LogP contribution >= 0.6 is 0 Å². The zero-order valence-corrected chi connectivity index (χ0v) is 18.6. The van der Waals surface area contributed by atoms with Crippen molar-refractivity contribution in [2.75, 3.05) is 25.0 Å². The molecule has 2 aromatic rings. The number of carbonyl (C=O) groups excluding carboxylic acids is 2. The van der Waals surface area contributed by atoms with E-state index in [1.807, 2.05) is 0 Å². The number of anilines is 1. The number of ether oxygens (including phenoxy) is 1. The van der Waals surface area contributed by atoms with Gasteiger partial charge in [-0.15, -0.1) is 0 Å². The zero-order valence-electron chi connectivity index (χ0n) is 17.7. The van der Waals surface area contributed by atoms with Crippen LogP contribution < -0.4 is 5.32 Å². The Morgan fingerprint density at radius 3 is 2.52 bits per heavy atom. The Balaban J connectivity index is 1.69. The first-order chi connectivity index (χ1) is 15.6. The minimum atomic E-state index is -3.77. The monoisotopic (exact) mass is 479 g/mol. The van der Waals surface area contributed by atoms with Gasteiger partial charge in [-0.3, -0.25) is 14.9 Å². The number of hydrogen-bond acceptors (Lipinski definition) is 7. The maximum Gasteiger partial charge on any atom is 0.338 e. The van der Waals surface area contributed by atoms with Crippen LogP contribution in [-0.2, 0) is 19.6 Å². The molecule has 0 saturated carbocycles.